The minimum Gasteiger partial charge on any atom is -0.310 e. The molecule has 0 aliphatic heterocycles. The lowest BCUT2D eigenvalue weighted by molar-refractivity contribution is 0.389. The highest BCUT2D eigenvalue weighted by molar-refractivity contribution is 6.34. The molecule has 18 heavy (non-hydrogen) atoms. The van der Waals surface area contributed by atoms with Crippen molar-refractivity contribution in [2.45, 2.75) is 57.5 Å². The molecule has 0 atom stereocenters. The van der Waals surface area contributed by atoms with Gasteiger partial charge in [-0.3, -0.25) is 0 Å². The van der Waals surface area contributed by atoms with Crippen LogP contribution < -0.4 is 5.32 Å². The maximum absolute atomic E-state index is 6.01. The third-order valence-corrected chi connectivity index (χ3v) is 4.06. The van der Waals surface area contributed by atoms with Crippen LogP contribution in [-0.4, -0.2) is 6.04 Å². The molecule has 0 heterocycles. The predicted molar refractivity (Wildman–Crippen MR) is 79.4 cm³/mol. The highest BCUT2D eigenvalue weighted by atomic mass is 35.5. The number of benzene rings is 1. The lowest BCUT2D eigenvalue weighted by atomic mass is 9.96. The van der Waals surface area contributed by atoms with Crippen molar-refractivity contribution in [3.05, 3.63) is 33.8 Å². The summed E-state index contributed by atoms with van der Waals surface area (Å²) in [6, 6.07) is 6.41. The highest BCUT2D eigenvalue weighted by Crippen LogP contribution is 2.20. The van der Waals surface area contributed by atoms with E-state index >= 15 is 0 Å². The summed E-state index contributed by atoms with van der Waals surface area (Å²) in [6.07, 6.45) is 9.50. The smallest absolute Gasteiger partial charge is 0.0424 e. The molecule has 0 amide bonds. The van der Waals surface area contributed by atoms with Crippen molar-refractivity contribution in [1.29, 1.82) is 0 Å². The SMILES string of the molecule is Clc1cc(Cl)cc(CNC2CCCCCCC2)c1. The van der Waals surface area contributed by atoms with Crippen LogP contribution in [0.1, 0.15) is 50.5 Å². The van der Waals surface area contributed by atoms with Crippen LogP contribution in [0.15, 0.2) is 18.2 Å². The monoisotopic (exact) mass is 285 g/mol. The molecule has 1 nitrogen and oxygen atoms in total. The van der Waals surface area contributed by atoms with Gasteiger partial charge in [0.2, 0.25) is 0 Å². The fraction of sp³-hybridized carbons (Fsp3) is 0.600. The van der Waals surface area contributed by atoms with Crippen LogP contribution in [0.5, 0.6) is 0 Å². The molecular weight excluding hydrogens is 265 g/mol. The van der Waals surface area contributed by atoms with Crippen molar-refractivity contribution in [2.75, 3.05) is 0 Å². The highest BCUT2D eigenvalue weighted by Gasteiger charge is 2.10. The third kappa shape index (κ3) is 4.79. The molecule has 1 N–H and O–H groups in total. The summed E-state index contributed by atoms with van der Waals surface area (Å²) in [5.41, 5.74) is 1.18. The Morgan fingerprint density at radius 1 is 0.889 bits per heavy atom. The minimum atomic E-state index is 0.656. The second kappa shape index (κ2) is 7.37. The van der Waals surface area contributed by atoms with E-state index in [1.807, 2.05) is 12.1 Å². The molecule has 0 aromatic heterocycles. The average Bonchev–Trinajstić information content (AvgIpc) is 2.26. The molecule has 1 aromatic rings. The number of hydrogen-bond acceptors (Lipinski definition) is 1. The summed E-state index contributed by atoms with van der Waals surface area (Å²) in [5, 5.41) is 5.08. The average molecular weight is 286 g/mol. The van der Waals surface area contributed by atoms with Gasteiger partial charge in [-0.15, -0.1) is 0 Å². The number of hydrogen-bond donors (Lipinski definition) is 1. The van der Waals surface area contributed by atoms with Crippen LogP contribution in [0.2, 0.25) is 10.0 Å². The van der Waals surface area contributed by atoms with Crippen LogP contribution in [0.4, 0.5) is 0 Å². The quantitative estimate of drug-likeness (QED) is 0.805. The lowest BCUT2D eigenvalue weighted by Gasteiger charge is -2.21. The standard InChI is InChI=1S/C15H21Cl2N/c16-13-8-12(9-14(17)10-13)11-18-15-6-4-2-1-3-5-7-15/h8-10,15,18H,1-7,11H2. The molecule has 1 saturated carbocycles. The van der Waals surface area contributed by atoms with Crippen molar-refractivity contribution in [3.63, 3.8) is 0 Å². The fourth-order valence-electron chi connectivity index (χ4n) is 2.64. The molecule has 1 aliphatic rings. The summed E-state index contributed by atoms with van der Waals surface area (Å²) in [4.78, 5) is 0. The van der Waals surface area contributed by atoms with E-state index in [1.54, 1.807) is 6.07 Å². The van der Waals surface area contributed by atoms with Gasteiger partial charge >= 0.3 is 0 Å². The molecule has 1 aliphatic carbocycles. The second-order valence-electron chi connectivity index (χ2n) is 5.20. The zero-order valence-electron chi connectivity index (χ0n) is 10.7. The van der Waals surface area contributed by atoms with E-state index in [0.717, 1.165) is 16.6 Å². The van der Waals surface area contributed by atoms with Gasteiger partial charge < -0.3 is 5.32 Å². The normalized spacial score (nSPS) is 18.3. The molecule has 0 saturated heterocycles. The third-order valence-electron chi connectivity index (χ3n) is 3.62. The fourth-order valence-corrected chi connectivity index (χ4v) is 3.21. The predicted octanol–water partition coefficient (Wildman–Crippen LogP) is 5.20. The molecule has 1 fully saturated rings. The minimum absolute atomic E-state index is 0.656. The molecule has 0 unspecified atom stereocenters. The maximum Gasteiger partial charge on any atom is 0.0424 e. The van der Waals surface area contributed by atoms with Crippen LogP contribution in [0.3, 0.4) is 0 Å². The van der Waals surface area contributed by atoms with E-state index in [1.165, 1.54) is 50.5 Å². The Kier molecular flexibility index (Phi) is 5.81. The molecule has 3 heteroatoms. The van der Waals surface area contributed by atoms with E-state index in [0.29, 0.717) is 6.04 Å². The van der Waals surface area contributed by atoms with Crippen molar-refractivity contribution in [2.24, 2.45) is 0 Å². The van der Waals surface area contributed by atoms with E-state index in [-0.39, 0.29) is 0 Å². The van der Waals surface area contributed by atoms with Crippen molar-refractivity contribution in [1.82, 2.24) is 5.32 Å². The molecule has 0 spiro atoms. The van der Waals surface area contributed by atoms with E-state index < -0.39 is 0 Å². The van der Waals surface area contributed by atoms with Gasteiger partial charge in [0.25, 0.3) is 0 Å². The van der Waals surface area contributed by atoms with Crippen LogP contribution in [0, 0.1) is 0 Å². The number of nitrogens with one attached hydrogen (secondary N) is 1. The largest absolute Gasteiger partial charge is 0.310 e. The molecule has 0 bridgehead atoms. The first-order valence-electron chi connectivity index (χ1n) is 6.92. The van der Waals surface area contributed by atoms with Gasteiger partial charge in [0.15, 0.2) is 0 Å². The summed E-state index contributed by atoms with van der Waals surface area (Å²) < 4.78 is 0. The Morgan fingerprint density at radius 3 is 2.06 bits per heavy atom. The van der Waals surface area contributed by atoms with E-state index in [2.05, 4.69) is 5.32 Å². The summed E-state index contributed by atoms with van der Waals surface area (Å²) in [5.74, 6) is 0. The van der Waals surface area contributed by atoms with E-state index in [9.17, 15) is 0 Å². The lowest BCUT2D eigenvalue weighted by Crippen LogP contribution is -2.29. The molecular formula is C15H21Cl2N. The first-order valence-corrected chi connectivity index (χ1v) is 7.68. The van der Waals surface area contributed by atoms with Gasteiger partial charge in [-0.05, 0) is 36.6 Å². The van der Waals surface area contributed by atoms with Gasteiger partial charge in [0.05, 0.1) is 0 Å². The Bertz CT molecular complexity index is 351. The Hall–Kier alpha value is -0.240. The van der Waals surface area contributed by atoms with Gasteiger partial charge in [-0.25, -0.2) is 0 Å². The molecule has 1 aromatic carbocycles. The first-order chi connectivity index (χ1) is 8.74. The van der Waals surface area contributed by atoms with Crippen molar-refractivity contribution < 1.29 is 0 Å². The zero-order chi connectivity index (χ0) is 12.8. The van der Waals surface area contributed by atoms with Crippen LogP contribution >= 0.6 is 23.2 Å². The molecule has 2 rings (SSSR count). The van der Waals surface area contributed by atoms with Crippen LogP contribution in [0.25, 0.3) is 0 Å². The topological polar surface area (TPSA) is 12.0 Å². The van der Waals surface area contributed by atoms with Gasteiger partial charge in [-0.2, -0.15) is 0 Å². The molecule has 100 valence electrons. The number of halogens is 2. The van der Waals surface area contributed by atoms with Crippen molar-refractivity contribution >= 4 is 23.2 Å². The summed E-state index contributed by atoms with van der Waals surface area (Å²) in [7, 11) is 0. The van der Waals surface area contributed by atoms with Gasteiger partial charge in [0, 0.05) is 22.6 Å². The maximum atomic E-state index is 6.01. The van der Waals surface area contributed by atoms with Gasteiger partial charge in [-0.1, -0.05) is 55.3 Å². The Labute approximate surface area is 120 Å². The van der Waals surface area contributed by atoms with E-state index in [4.69, 9.17) is 23.2 Å². The van der Waals surface area contributed by atoms with Crippen molar-refractivity contribution in [3.8, 4) is 0 Å². The first kappa shape index (κ1) is 14.2. The van der Waals surface area contributed by atoms with Gasteiger partial charge in [0.1, 0.15) is 0 Å². The summed E-state index contributed by atoms with van der Waals surface area (Å²) >= 11 is 12.0. The second-order valence-corrected chi connectivity index (χ2v) is 6.07. The van der Waals surface area contributed by atoms with Crippen LogP contribution in [-0.2, 0) is 6.54 Å². The Morgan fingerprint density at radius 2 is 1.44 bits per heavy atom. The summed E-state index contributed by atoms with van der Waals surface area (Å²) in [6.45, 7) is 0.866. The number of rotatable bonds is 3. The zero-order valence-corrected chi connectivity index (χ0v) is 12.2. The molecule has 0 radical (unpaired) electrons. The Balaban J connectivity index is 1.85.